The standard InChI is InChI=1S/C14H21NO3/c1-3-9(2)14(16)13(15)10-4-5-11-12(8-10)18-7-6-17-11/h4-5,8-9,13-14,16H,3,6-7,15H2,1-2H3/t9?,13-,14+/m0/s1. The number of ether oxygens (including phenoxy) is 2. The Morgan fingerprint density at radius 2 is 1.94 bits per heavy atom. The third kappa shape index (κ3) is 2.60. The zero-order chi connectivity index (χ0) is 13.1. The predicted octanol–water partition coefficient (Wildman–Crippen LogP) is 1.86. The van der Waals surface area contributed by atoms with Crippen molar-refractivity contribution in [3.05, 3.63) is 23.8 Å². The molecule has 1 unspecified atom stereocenters. The Kier molecular flexibility index (Phi) is 4.09. The summed E-state index contributed by atoms with van der Waals surface area (Å²) in [5.74, 6) is 1.63. The second kappa shape index (κ2) is 5.59. The van der Waals surface area contributed by atoms with Gasteiger partial charge in [-0.25, -0.2) is 0 Å². The number of hydrogen-bond acceptors (Lipinski definition) is 4. The van der Waals surface area contributed by atoms with Gasteiger partial charge in [0.25, 0.3) is 0 Å². The van der Waals surface area contributed by atoms with Gasteiger partial charge in [0.05, 0.1) is 12.1 Å². The molecule has 0 amide bonds. The average molecular weight is 251 g/mol. The molecular formula is C14H21NO3. The van der Waals surface area contributed by atoms with E-state index in [0.717, 1.165) is 17.7 Å². The van der Waals surface area contributed by atoms with Gasteiger partial charge in [-0.3, -0.25) is 0 Å². The molecule has 3 atom stereocenters. The lowest BCUT2D eigenvalue weighted by Gasteiger charge is -2.26. The first-order valence-electron chi connectivity index (χ1n) is 6.46. The highest BCUT2D eigenvalue weighted by atomic mass is 16.6. The van der Waals surface area contributed by atoms with Crippen LogP contribution in [0.3, 0.4) is 0 Å². The van der Waals surface area contributed by atoms with Gasteiger partial charge in [-0.1, -0.05) is 26.3 Å². The van der Waals surface area contributed by atoms with E-state index >= 15 is 0 Å². The smallest absolute Gasteiger partial charge is 0.161 e. The minimum Gasteiger partial charge on any atom is -0.486 e. The fourth-order valence-electron chi connectivity index (χ4n) is 2.06. The molecule has 0 spiro atoms. The van der Waals surface area contributed by atoms with E-state index in [0.29, 0.717) is 19.0 Å². The molecule has 0 bridgehead atoms. The SMILES string of the molecule is CCC(C)[C@@H](O)[C@@H](N)c1ccc2c(c1)OCCO2. The molecule has 1 aliphatic heterocycles. The number of aliphatic hydroxyl groups is 1. The average Bonchev–Trinajstić information content (AvgIpc) is 2.44. The summed E-state index contributed by atoms with van der Waals surface area (Å²) in [4.78, 5) is 0. The zero-order valence-electron chi connectivity index (χ0n) is 10.9. The van der Waals surface area contributed by atoms with Crippen molar-refractivity contribution in [2.24, 2.45) is 11.7 Å². The molecule has 0 aliphatic carbocycles. The zero-order valence-corrected chi connectivity index (χ0v) is 10.9. The molecule has 0 radical (unpaired) electrons. The van der Waals surface area contributed by atoms with Crippen LogP contribution in [0.2, 0.25) is 0 Å². The van der Waals surface area contributed by atoms with Crippen molar-refractivity contribution in [3.63, 3.8) is 0 Å². The lowest BCUT2D eigenvalue weighted by molar-refractivity contribution is 0.0877. The molecule has 1 heterocycles. The molecule has 1 aromatic rings. The normalized spacial score (nSPS) is 19.1. The van der Waals surface area contributed by atoms with Crippen LogP contribution in [0.15, 0.2) is 18.2 Å². The number of rotatable bonds is 4. The summed E-state index contributed by atoms with van der Waals surface area (Å²) >= 11 is 0. The molecule has 0 saturated carbocycles. The van der Waals surface area contributed by atoms with E-state index < -0.39 is 12.1 Å². The van der Waals surface area contributed by atoms with Gasteiger partial charge in [0, 0.05) is 0 Å². The molecule has 1 aliphatic rings. The van der Waals surface area contributed by atoms with Gasteiger partial charge in [-0.05, 0) is 23.6 Å². The van der Waals surface area contributed by atoms with E-state index in [1.807, 2.05) is 32.0 Å². The van der Waals surface area contributed by atoms with Crippen molar-refractivity contribution in [2.45, 2.75) is 32.4 Å². The summed E-state index contributed by atoms with van der Waals surface area (Å²) in [7, 11) is 0. The van der Waals surface area contributed by atoms with Gasteiger partial charge >= 0.3 is 0 Å². The van der Waals surface area contributed by atoms with Crippen LogP contribution in [0.4, 0.5) is 0 Å². The minimum atomic E-state index is -0.544. The highest BCUT2D eigenvalue weighted by molar-refractivity contribution is 5.44. The Hall–Kier alpha value is -1.26. The highest BCUT2D eigenvalue weighted by Gasteiger charge is 2.23. The van der Waals surface area contributed by atoms with Crippen molar-refractivity contribution >= 4 is 0 Å². The summed E-state index contributed by atoms with van der Waals surface area (Å²) < 4.78 is 11.0. The molecule has 0 saturated heterocycles. The highest BCUT2D eigenvalue weighted by Crippen LogP contribution is 2.33. The van der Waals surface area contributed by atoms with E-state index in [1.165, 1.54) is 0 Å². The fraction of sp³-hybridized carbons (Fsp3) is 0.571. The first-order valence-corrected chi connectivity index (χ1v) is 6.46. The molecule has 4 nitrogen and oxygen atoms in total. The Morgan fingerprint density at radius 3 is 2.61 bits per heavy atom. The topological polar surface area (TPSA) is 64.7 Å². The molecule has 3 N–H and O–H groups in total. The first-order chi connectivity index (χ1) is 8.63. The van der Waals surface area contributed by atoms with Crippen LogP contribution in [0.5, 0.6) is 11.5 Å². The quantitative estimate of drug-likeness (QED) is 0.857. The molecule has 18 heavy (non-hydrogen) atoms. The number of nitrogens with two attached hydrogens (primary N) is 1. The lowest BCUT2D eigenvalue weighted by Crippen LogP contribution is -2.31. The third-order valence-corrected chi connectivity index (χ3v) is 3.55. The Morgan fingerprint density at radius 1 is 1.28 bits per heavy atom. The van der Waals surface area contributed by atoms with E-state index in [-0.39, 0.29) is 5.92 Å². The molecule has 2 rings (SSSR count). The molecule has 0 aromatic heterocycles. The van der Waals surface area contributed by atoms with E-state index in [2.05, 4.69) is 0 Å². The van der Waals surface area contributed by atoms with E-state index in [1.54, 1.807) is 0 Å². The van der Waals surface area contributed by atoms with Gasteiger partial charge in [0.15, 0.2) is 11.5 Å². The maximum absolute atomic E-state index is 10.1. The van der Waals surface area contributed by atoms with Crippen molar-refractivity contribution < 1.29 is 14.6 Å². The van der Waals surface area contributed by atoms with E-state index in [9.17, 15) is 5.11 Å². The Bertz CT molecular complexity index is 408. The maximum atomic E-state index is 10.1. The fourth-order valence-corrected chi connectivity index (χ4v) is 2.06. The molecule has 100 valence electrons. The monoisotopic (exact) mass is 251 g/mol. The van der Waals surface area contributed by atoms with Crippen molar-refractivity contribution in [3.8, 4) is 11.5 Å². The summed E-state index contributed by atoms with van der Waals surface area (Å²) in [5, 5.41) is 10.1. The van der Waals surface area contributed by atoms with Gasteiger partial charge in [0.1, 0.15) is 13.2 Å². The van der Waals surface area contributed by atoms with Gasteiger partial charge in [0.2, 0.25) is 0 Å². The summed E-state index contributed by atoms with van der Waals surface area (Å²) in [5.41, 5.74) is 6.98. The van der Waals surface area contributed by atoms with Crippen LogP contribution in [-0.2, 0) is 0 Å². The van der Waals surface area contributed by atoms with Gasteiger partial charge in [-0.2, -0.15) is 0 Å². The number of benzene rings is 1. The first kappa shape index (κ1) is 13.2. The van der Waals surface area contributed by atoms with Crippen molar-refractivity contribution in [1.82, 2.24) is 0 Å². The van der Waals surface area contributed by atoms with Gasteiger partial charge < -0.3 is 20.3 Å². The summed E-state index contributed by atoms with van der Waals surface area (Å²) in [6, 6.07) is 5.22. The summed E-state index contributed by atoms with van der Waals surface area (Å²) in [6.07, 6.45) is 0.358. The second-order valence-electron chi connectivity index (χ2n) is 4.81. The van der Waals surface area contributed by atoms with Crippen LogP contribution in [0, 0.1) is 5.92 Å². The maximum Gasteiger partial charge on any atom is 0.161 e. The predicted molar refractivity (Wildman–Crippen MR) is 69.8 cm³/mol. The third-order valence-electron chi connectivity index (χ3n) is 3.55. The second-order valence-corrected chi connectivity index (χ2v) is 4.81. The molecule has 4 heteroatoms. The largest absolute Gasteiger partial charge is 0.486 e. The number of aliphatic hydroxyl groups excluding tert-OH is 1. The molecule has 1 aromatic carbocycles. The van der Waals surface area contributed by atoms with Crippen LogP contribution in [0.1, 0.15) is 31.9 Å². The van der Waals surface area contributed by atoms with E-state index in [4.69, 9.17) is 15.2 Å². The minimum absolute atomic E-state index is 0.174. The van der Waals surface area contributed by atoms with Crippen LogP contribution < -0.4 is 15.2 Å². The summed E-state index contributed by atoms with van der Waals surface area (Å²) in [6.45, 7) is 5.18. The number of hydrogen-bond donors (Lipinski definition) is 2. The van der Waals surface area contributed by atoms with Crippen LogP contribution in [0.25, 0.3) is 0 Å². The lowest BCUT2D eigenvalue weighted by atomic mass is 9.91. The number of fused-ring (bicyclic) bond motifs is 1. The van der Waals surface area contributed by atoms with Crippen LogP contribution in [-0.4, -0.2) is 24.4 Å². The van der Waals surface area contributed by atoms with Gasteiger partial charge in [-0.15, -0.1) is 0 Å². The Labute approximate surface area is 108 Å². The Balaban J connectivity index is 2.18. The van der Waals surface area contributed by atoms with Crippen LogP contribution >= 0.6 is 0 Å². The molecule has 0 fully saturated rings. The van der Waals surface area contributed by atoms with Crippen molar-refractivity contribution in [2.75, 3.05) is 13.2 Å². The van der Waals surface area contributed by atoms with Crippen molar-refractivity contribution in [1.29, 1.82) is 0 Å². The molecular weight excluding hydrogens is 230 g/mol.